The minimum Gasteiger partial charge on any atom is -0.248 e. The molecule has 6 nitrogen and oxygen atoms in total. The zero-order valence-corrected chi connectivity index (χ0v) is 14.0. The van der Waals surface area contributed by atoms with Crippen LogP contribution >= 0.6 is 22.3 Å². The highest BCUT2D eigenvalue weighted by Crippen LogP contribution is 2.36. The van der Waals surface area contributed by atoms with Crippen molar-refractivity contribution in [3.8, 4) is 0 Å². The Morgan fingerprint density at radius 3 is 2.35 bits per heavy atom. The number of halogens is 2. The third kappa shape index (κ3) is 2.98. The van der Waals surface area contributed by atoms with E-state index in [2.05, 4.69) is 5.10 Å². The van der Waals surface area contributed by atoms with Crippen LogP contribution in [0.15, 0.2) is 4.90 Å². The Bertz CT molecular complexity index is 738. The van der Waals surface area contributed by atoms with E-state index in [4.69, 9.17) is 22.3 Å². The minimum absolute atomic E-state index is 0.0494. The number of rotatable bonds is 3. The van der Waals surface area contributed by atoms with Crippen molar-refractivity contribution in [2.75, 3.05) is 11.5 Å². The van der Waals surface area contributed by atoms with Crippen LogP contribution in [0.1, 0.15) is 37.9 Å². The van der Waals surface area contributed by atoms with Crippen molar-refractivity contribution in [1.82, 2.24) is 9.78 Å². The van der Waals surface area contributed by atoms with Crippen LogP contribution in [0, 0.1) is 0 Å². The van der Waals surface area contributed by atoms with E-state index < -0.39 is 24.9 Å². The second kappa shape index (κ2) is 5.15. The maximum atomic E-state index is 11.6. The number of hydrogen-bond donors (Lipinski definition) is 0. The second-order valence-corrected chi connectivity index (χ2v) is 10.2. The van der Waals surface area contributed by atoms with Gasteiger partial charge in [0.15, 0.2) is 9.84 Å². The lowest BCUT2D eigenvalue weighted by Crippen LogP contribution is -2.13. The molecule has 0 aromatic carbocycles. The number of hydrogen-bond acceptors (Lipinski definition) is 5. The van der Waals surface area contributed by atoms with Gasteiger partial charge in [-0.15, -0.1) is 0 Å². The van der Waals surface area contributed by atoms with Gasteiger partial charge in [0.05, 0.1) is 23.2 Å². The van der Waals surface area contributed by atoms with Crippen LogP contribution in [0.3, 0.4) is 0 Å². The first kappa shape index (κ1) is 16.1. The van der Waals surface area contributed by atoms with E-state index in [1.165, 1.54) is 4.68 Å². The highest BCUT2D eigenvalue weighted by atomic mass is 35.7. The number of aromatic nitrogens is 2. The molecule has 1 aromatic rings. The predicted octanol–water partition coefficient (Wildman–Crippen LogP) is 1.95. The molecule has 1 unspecified atom stereocenters. The van der Waals surface area contributed by atoms with E-state index in [0.29, 0.717) is 6.42 Å². The summed E-state index contributed by atoms with van der Waals surface area (Å²) in [6.45, 7) is 3.53. The van der Waals surface area contributed by atoms with Gasteiger partial charge in [0.2, 0.25) is 0 Å². The van der Waals surface area contributed by atoms with Crippen LogP contribution in [-0.4, -0.2) is 38.1 Å². The quantitative estimate of drug-likeness (QED) is 0.768. The largest absolute Gasteiger partial charge is 0.266 e. The summed E-state index contributed by atoms with van der Waals surface area (Å²) in [5.74, 6) is -0.239. The molecule has 10 heteroatoms. The first-order valence-corrected chi connectivity index (χ1v) is 10.5. The Labute approximate surface area is 127 Å². The molecule has 1 atom stereocenters. The lowest BCUT2D eigenvalue weighted by atomic mass is 10.1. The van der Waals surface area contributed by atoms with Crippen molar-refractivity contribution in [2.24, 2.45) is 0 Å². The van der Waals surface area contributed by atoms with Gasteiger partial charge in [-0.2, -0.15) is 5.10 Å². The Kier molecular flexibility index (Phi) is 4.14. The fraction of sp³-hybridized carbons (Fsp3) is 0.700. The number of sulfone groups is 1. The smallest absolute Gasteiger partial charge is 0.248 e. The number of nitrogens with zero attached hydrogens (tertiary/aromatic N) is 2. The first-order valence-electron chi connectivity index (χ1n) is 5.96. The van der Waals surface area contributed by atoms with Crippen molar-refractivity contribution in [3.05, 3.63) is 10.8 Å². The molecule has 114 valence electrons. The summed E-state index contributed by atoms with van der Waals surface area (Å²) in [6.07, 6.45) is 0.364. The van der Waals surface area contributed by atoms with Crippen LogP contribution in [0.4, 0.5) is 0 Å². The van der Waals surface area contributed by atoms with Gasteiger partial charge in [-0.1, -0.05) is 25.4 Å². The zero-order chi connectivity index (χ0) is 15.3. The lowest BCUT2D eigenvalue weighted by molar-refractivity contribution is 0.493. The second-order valence-electron chi connectivity index (χ2n) is 5.10. The van der Waals surface area contributed by atoms with E-state index in [1.54, 1.807) is 13.8 Å². The molecule has 0 N–H and O–H groups in total. The van der Waals surface area contributed by atoms with Gasteiger partial charge in [0, 0.05) is 10.7 Å². The molecule has 0 saturated carbocycles. The van der Waals surface area contributed by atoms with Crippen molar-refractivity contribution in [2.45, 2.75) is 37.1 Å². The molecule has 1 aromatic heterocycles. The molecule has 0 amide bonds. The van der Waals surface area contributed by atoms with Gasteiger partial charge in [-0.25, -0.2) is 21.5 Å². The first-order chi connectivity index (χ1) is 9.03. The Morgan fingerprint density at radius 2 is 2.00 bits per heavy atom. The monoisotopic (exact) mass is 360 g/mol. The van der Waals surface area contributed by atoms with Crippen LogP contribution in [-0.2, 0) is 18.9 Å². The van der Waals surface area contributed by atoms with Crippen molar-refractivity contribution >= 4 is 41.2 Å². The molecule has 0 bridgehead atoms. The average Bonchev–Trinajstić information content (AvgIpc) is 2.77. The molecule has 1 aliphatic heterocycles. The van der Waals surface area contributed by atoms with E-state index in [-0.39, 0.29) is 33.2 Å². The molecule has 2 heterocycles. The van der Waals surface area contributed by atoms with Crippen LogP contribution < -0.4 is 0 Å². The molecule has 1 fully saturated rings. The Hall–Kier alpha value is -0.310. The predicted molar refractivity (Wildman–Crippen MR) is 76.7 cm³/mol. The molecule has 20 heavy (non-hydrogen) atoms. The van der Waals surface area contributed by atoms with Gasteiger partial charge in [-0.05, 0) is 12.3 Å². The maximum Gasteiger partial charge on any atom is 0.266 e. The molecule has 2 rings (SSSR count). The Morgan fingerprint density at radius 1 is 1.40 bits per heavy atom. The van der Waals surface area contributed by atoms with E-state index in [1.807, 2.05) is 0 Å². The molecule has 0 spiro atoms. The minimum atomic E-state index is -4.04. The summed E-state index contributed by atoms with van der Waals surface area (Å²) < 4.78 is 47.6. The molecule has 0 aliphatic carbocycles. The third-order valence-corrected chi connectivity index (χ3v) is 6.76. The maximum absolute atomic E-state index is 11.6. The zero-order valence-electron chi connectivity index (χ0n) is 10.9. The summed E-state index contributed by atoms with van der Waals surface area (Å²) in [5.41, 5.74) is 0.259. The van der Waals surface area contributed by atoms with Gasteiger partial charge in [0.1, 0.15) is 10.0 Å². The molecular weight excluding hydrogens is 347 g/mol. The van der Waals surface area contributed by atoms with E-state index in [0.717, 1.165) is 0 Å². The van der Waals surface area contributed by atoms with Gasteiger partial charge >= 0.3 is 0 Å². The summed E-state index contributed by atoms with van der Waals surface area (Å²) in [4.78, 5) is -0.222. The van der Waals surface area contributed by atoms with E-state index in [9.17, 15) is 16.8 Å². The van der Waals surface area contributed by atoms with Gasteiger partial charge < -0.3 is 0 Å². The standard InChI is InChI=1S/C10H14Cl2N2O4S2/c1-6(2)8-9(20(12,17)18)10(11)14(13-8)7-3-4-19(15,16)5-7/h6-7H,3-5H2,1-2H3. The lowest BCUT2D eigenvalue weighted by Gasteiger charge is -2.09. The fourth-order valence-corrected chi connectivity index (χ4v) is 5.89. The normalized spacial score (nSPS) is 22.6. The Balaban J connectivity index is 2.58. The van der Waals surface area contributed by atoms with Crippen molar-refractivity contribution in [1.29, 1.82) is 0 Å². The fourth-order valence-electron chi connectivity index (χ4n) is 2.23. The van der Waals surface area contributed by atoms with Crippen LogP contribution in [0.25, 0.3) is 0 Å². The van der Waals surface area contributed by atoms with Crippen LogP contribution in [0.5, 0.6) is 0 Å². The molecule has 1 aliphatic rings. The van der Waals surface area contributed by atoms with Crippen molar-refractivity contribution in [3.63, 3.8) is 0 Å². The van der Waals surface area contributed by atoms with Crippen molar-refractivity contribution < 1.29 is 16.8 Å². The molecule has 0 radical (unpaired) electrons. The third-order valence-electron chi connectivity index (χ3n) is 3.18. The van der Waals surface area contributed by atoms with Gasteiger partial charge in [0.25, 0.3) is 9.05 Å². The summed E-state index contributed by atoms with van der Waals surface area (Å²) >= 11 is 6.07. The topological polar surface area (TPSA) is 86.1 Å². The van der Waals surface area contributed by atoms with E-state index >= 15 is 0 Å². The average molecular weight is 361 g/mol. The summed E-state index contributed by atoms with van der Waals surface area (Å²) in [6, 6.07) is -0.447. The molecule has 1 saturated heterocycles. The summed E-state index contributed by atoms with van der Waals surface area (Å²) in [7, 11) is -1.76. The molecular formula is C10H14Cl2N2O4S2. The van der Waals surface area contributed by atoms with Crippen LogP contribution in [0.2, 0.25) is 5.15 Å². The highest BCUT2D eigenvalue weighted by Gasteiger charge is 2.35. The summed E-state index contributed by atoms with van der Waals surface area (Å²) in [5, 5.41) is 4.06. The van der Waals surface area contributed by atoms with Gasteiger partial charge in [-0.3, -0.25) is 0 Å². The SMILES string of the molecule is CC(C)c1nn(C2CCS(=O)(=O)C2)c(Cl)c1S(=O)(=O)Cl. The highest BCUT2D eigenvalue weighted by molar-refractivity contribution is 8.13.